The van der Waals surface area contributed by atoms with Gasteiger partial charge in [0.15, 0.2) is 0 Å². The van der Waals surface area contributed by atoms with Crippen LogP contribution in [0, 0.1) is 6.92 Å². The Hall–Kier alpha value is -1.52. The Morgan fingerprint density at radius 3 is 2.25 bits per heavy atom. The summed E-state index contributed by atoms with van der Waals surface area (Å²) >= 11 is 0. The zero-order valence-electron chi connectivity index (χ0n) is 14.9. The standard InChI is InChI=1S/C16H22O5.Li.2H2O/c1-11-10-12(15(18)19)7-8-13(11)20-9-5-6-14(17)21-16(2,3)4;;;/h7-8,10H,5-6,9H2,1-4H3,(H,18,19);;2*1H2/q;+1;;/p-1. The quantitative estimate of drug-likeness (QED) is 0.410. The topological polar surface area (TPSA) is 134 Å². The second-order valence-corrected chi connectivity index (χ2v) is 5.82. The predicted octanol–water partition coefficient (Wildman–Crippen LogP) is -0.804. The molecule has 0 spiro atoms. The van der Waals surface area contributed by atoms with Crippen molar-refractivity contribution >= 4 is 11.9 Å². The largest absolute Gasteiger partial charge is 1.00 e. The summed E-state index contributed by atoms with van der Waals surface area (Å²) in [6, 6.07) is 4.69. The monoisotopic (exact) mass is 336 g/mol. The molecule has 0 bridgehead atoms. The summed E-state index contributed by atoms with van der Waals surface area (Å²) < 4.78 is 10.7. The number of carbonyl (C=O) groups is 2. The second kappa shape index (κ2) is 11.9. The van der Waals surface area contributed by atoms with Gasteiger partial charge in [-0.05, 0) is 57.9 Å². The van der Waals surface area contributed by atoms with Gasteiger partial charge in [-0.25, -0.2) is 4.79 Å². The van der Waals surface area contributed by atoms with Gasteiger partial charge in [0.05, 0.1) is 12.2 Å². The average molecular weight is 336 g/mol. The van der Waals surface area contributed by atoms with Crippen LogP contribution in [0.1, 0.15) is 49.5 Å². The summed E-state index contributed by atoms with van der Waals surface area (Å²) in [7, 11) is 0. The van der Waals surface area contributed by atoms with E-state index in [0.717, 1.165) is 5.56 Å². The number of aryl methyl sites for hydroxylation is 1. The third-order valence-corrected chi connectivity index (χ3v) is 2.62. The first-order valence-electron chi connectivity index (χ1n) is 6.87. The third-order valence-electron chi connectivity index (χ3n) is 2.62. The van der Waals surface area contributed by atoms with Gasteiger partial charge >= 0.3 is 30.8 Å². The molecule has 0 heterocycles. The minimum atomic E-state index is -0.963. The maximum Gasteiger partial charge on any atom is 1.00 e. The molecule has 0 aliphatic carbocycles. The van der Waals surface area contributed by atoms with Crippen LogP contribution in [0.2, 0.25) is 0 Å². The van der Waals surface area contributed by atoms with Crippen molar-refractivity contribution in [1.82, 2.24) is 0 Å². The van der Waals surface area contributed by atoms with Crippen LogP contribution in [-0.4, -0.2) is 40.2 Å². The molecule has 1 rings (SSSR count). The molecule has 132 valence electrons. The molecule has 0 aromatic heterocycles. The van der Waals surface area contributed by atoms with Crippen LogP contribution in [0.15, 0.2) is 18.2 Å². The molecular weight excluding hydrogens is 311 g/mol. The summed E-state index contributed by atoms with van der Waals surface area (Å²) in [6.07, 6.45) is 0.846. The van der Waals surface area contributed by atoms with Gasteiger partial charge in [-0.2, -0.15) is 0 Å². The van der Waals surface area contributed by atoms with Gasteiger partial charge in [-0.1, -0.05) is 0 Å². The Morgan fingerprint density at radius 1 is 1.21 bits per heavy atom. The minimum absolute atomic E-state index is 0. The number of carbonyl (C=O) groups excluding carboxylic acids is 1. The number of hydrogen-bond donors (Lipinski definition) is 1. The third kappa shape index (κ3) is 10.3. The van der Waals surface area contributed by atoms with Crippen LogP contribution >= 0.6 is 0 Å². The van der Waals surface area contributed by atoms with Crippen LogP contribution in [0.3, 0.4) is 0 Å². The van der Waals surface area contributed by atoms with Gasteiger partial charge in [0.2, 0.25) is 0 Å². The summed E-state index contributed by atoms with van der Waals surface area (Å²) in [4.78, 5) is 22.3. The molecule has 1 aromatic carbocycles. The van der Waals surface area contributed by atoms with E-state index in [1.165, 1.54) is 6.07 Å². The van der Waals surface area contributed by atoms with E-state index >= 15 is 0 Å². The molecule has 0 fully saturated rings. The molecule has 0 saturated heterocycles. The number of carboxylic acid groups (broad SMARTS) is 1. The summed E-state index contributed by atoms with van der Waals surface area (Å²) in [6.45, 7) is 7.65. The van der Waals surface area contributed by atoms with E-state index in [-0.39, 0.29) is 41.3 Å². The molecule has 0 aliphatic heterocycles. The SMILES string of the molecule is Cc1cc(C(=O)O)ccc1OCCCC(=O)OC(C)(C)C.O.[Li+].[OH-]. The van der Waals surface area contributed by atoms with E-state index < -0.39 is 11.6 Å². The first kappa shape index (κ1) is 27.3. The van der Waals surface area contributed by atoms with E-state index in [1.807, 2.05) is 20.8 Å². The van der Waals surface area contributed by atoms with Crippen LogP contribution in [-0.2, 0) is 9.53 Å². The fourth-order valence-corrected chi connectivity index (χ4v) is 1.74. The Morgan fingerprint density at radius 2 is 1.79 bits per heavy atom. The van der Waals surface area contributed by atoms with Gasteiger partial charge in [0, 0.05) is 6.42 Å². The van der Waals surface area contributed by atoms with Crippen LogP contribution in [0.25, 0.3) is 0 Å². The predicted molar refractivity (Wildman–Crippen MR) is 84.3 cm³/mol. The smallest absolute Gasteiger partial charge is 0.870 e. The fraction of sp³-hybridized carbons (Fsp3) is 0.500. The van der Waals surface area contributed by atoms with Crippen LogP contribution in [0.5, 0.6) is 5.75 Å². The number of esters is 1. The van der Waals surface area contributed by atoms with Gasteiger partial charge in [-0.15, -0.1) is 0 Å². The Bertz CT molecular complexity index is 524. The summed E-state index contributed by atoms with van der Waals surface area (Å²) in [5.74, 6) is -0.581. The van der Waals surface area contributed by atoms with Crippen molar-refractivity contribution in [3.63, 3.8) is 0 Å². The second-order valence-electron chi connectivity index (χ2n) is 5.82. The number of benzene rings is 1. The van der Waals surface area contributed by atoms with Crippen molar-refractivity contribution < 1.29 is 54.0 Å². The maximum absolute atomic E-state index is 11.5. The number of ether oxygens (including phenoxy) is 2. The van der Waals surface area contributed by atoms with E-state index in [4.69, 9.17) is 14.6 Å². The Labute approximate surface area is 154 Å². The first-order chi connectivity index (χ1) is 9.69. The molecule has 0 atom stereocenters. The van der Waals surface area contributed by atoms with Gasteiger partial charge in [-0.3, -0.25) is 4.79 Å². The normalized spacial score (nSPS) is 9.67. The molecule has 0 amide bonds. The molecule has 0 aliphatic rings. The molecule has 7 nitrogen and oxygen atoms in total. The van der Waals surface area contributed by atoms with E-state index in [2.05, 4.69) is 0 Å². The summed E-state index contributed by atoms with van der Waals surface area (Å²) in [5.41, 5.74) is 0.516. The van der Waals surface area contributed by atoms with Gasteiger partial charge < -0.3 is 25.5 Å². The van der Waals surface area contributed by atoms with Gasteiger partial charge in [0.25, 0.3) is 0 Å². The summed E-state index contributed by atoms with van der Waals surface area (Å²) in [5, 5.41) is 8.88. The Balaban J connectivity index is -0.00000147. The molecule has 4 N–H and O–H groups in total. The number of hydrogen-bond acceptors (Lipinski definition) is 5. The first-order valence-corrected chi connectivity index (χ1v) is 6.87. The van der Waals surface area contributed by atoms with Crippen molar-refractivity contribution in [2.24, 2.45) is 0 Å². The maximum atomic E-state index is 11.5. The molecule has 24 heavy (non-hydrogen) atoms. The molecular formula is C16H25LiO7. The zero-order valence-corrected chi connectivity index (χ0v) is 14.9. The fourth-order valence-electron chi connectivity index (χ4n) is 1.74. The number of carboxylic acids is 1. The molecule has 0 saturated carbocycles. The van der Waals surface area contributed by atoms with E-state index in [0.29, 0.717) is 25.2 Å². The van der Waals surface area contributed by atoms with Crippen molar-refractivity contribution in [3.8, 4) is 5.75 Å². The van der Waals surface area contributed by atoms with Crippen molar-refractivity contribution in [2.75, 3.05) is 6.61 Å². The average Bonchev–Trinajstić information content (AvgIpc) is 2.33. The van der Waals surface area contributed by atoms with Crippen molar-refractivity contribution in [2.45, 2.75) is 46.1 Å². The van der Waals surface area contributed by atoms with Crippen molar-refractivity contribution in [3.05, 3.63) is 29.3 Å². The van der Waals surface area contributed by atoms with Crippen LogP contribution in [0.4, 0.5) is 0 Å². The van der Waals surface area contributed by atoms with E-state index in [9.17, 15) is 9.59 Å². The minimum Gasteiger partial charge on any atom is -0.870 e. The molecule has 0 unspecified atom stereocenters. The zero-order chi connectivity index (χ0) is 16.0. The van der Waals surface area contributed by atoms with E-state index in [1.54, 1.807) is 19.1 Å². The van der Waals surface area contributed by atoms with Crippen LogP contribution < -0.4 is 23.6 Å². The molecule has 1 aromatic rings. The number of rotatable bonds is 6. The van der Waals surface area contributed by atoms with Gasteiger partial charge in [0.1, 0.15) is 11.4 Å². The van der Waals surface area contributed by atoms with Crippen molar-refractivity contribution in [1.29, 1.82) is 0 Å². The molecule has 8 heteroatoms. The number of aromatic carboxylic acids is 1. The Kier molecular flexibility index (Phi) is 13.6. The molecule has 0 radical (unpaired) electrons.